The van der Waals surface area contributed by atoms with Crippen molar-refractivity contribution in [1.82, 2.24) is 15.6 Å². The molecule has 0 radical (unpaired) electrons. The summed E-state index contributed by atoms with van der Waals surface area (Å²) in [4.78, 5) is 30.7. The highest BCUT2D eigenvalue weighted by atomic mass is 16.2. The fraction of sp³-hybridized carbons (Fsp3) is 0.350. The Bertz CT molecular complexity index is 805. The molecular formula is C20H23N5O2. The Labute approximate surface area is 158 Å². The van der Waals surface area contributed by atoms with Crippen molar-refractivity contribution in [3.63, 3.8) is 0 Å². The molecule has 1 atom stereocenters. The summed E-state index contributed by atoms with van der Waals surface area (Å²) in [6.45, 7) is 1.68. The van der Waals surface area contributed by atoms with Gasteiger partial charge in [-0.2, -0.15) is 0 Å². The van der Waals surface area contributed by atoms with Crippen molar-refractivity contribution in [2.75, 3.05) is 29.9 Å². The normalized spacial score (nSPS) is 17.8. The zero-order valence-corrected chi connectivity index (χ0v) is 15.0. The minimum absolute atomic E-state index is 0.00569. The maximum atomic E-state index is 12.7. The molecule has 1 aliphatic heterocycles. The molecule has 3 N–H and O–H groups in total. The highest BCUT2D eigenvalue weighted by molar-refractivity contribution is 5.86. The average Bonchev–Trinajstić information content (AvgIpc) is 3.51. The van der Waals surface area contributed by atoms with Crippen LogP contribution < -0.4 is 20.9 Å². The molecule has 1 saturated carbocycles. The SMILES string of the molecule is O=C1CN(c2ccc(NC(C(=O)NC3CC3)c3ccccc3)cn2)CCN1. The minimum atomic E-state index is -0.472. The maximum absolute atomic E-state index is 12.7. The maximum Gasteiger partial charge on any atom is 0.247 e. The van der Waals surface area contributed by atoms with Gasteiger partial charge in [-0.1, -0.05) is 30.3 Å². The number of amides is 2. The monoisotopic (exact) mass is 365 g/mol. The van der Waals surface area contributed by atoms with E-state index in [1.165, 1.54) is 0 Å². The summed E-state index contributed by atoms with van der Waals surface area (Å²) in [5.41, 5.74) is 1.67. The third-order valence-corrected chi connectivity index (χ3v) is 4.74. The third-order valence-electron chi connectivity index (χ3n) is 4.74. The molecule has 7 nitrogen and oxygen atoms in total. The number of carbonyl (C=O) groups is 2. The Hall–Kier alpha value is -3.09. The summed E-state index contributed by atoms with van der Waals surface area (Å²) in [6, 6.07) is 13.3. The van der Waals surface area contributed by atoms with E-state index in [2.05, 4.69) is 20.9 Å². The first-order chi connectivity index (χ1) is 13.2. The third kappa shape index (κ3) is 4.36. The molecule has 0 bridgehead atoms. The second-order valence-electron chi connectivity index (χ2n) is 6.95. The predicted molar refractivity (Wildman–Crippen MR) is 103 cm³/mol. The first-order valence-corrected chi connectivity index (χ1v) is 9.28. The number of carbonyl (C=O) groups excluding carboxylic acids is 2. The molecule has 1 saturated heterocycles. The molecule has 4 rings (SSSR count). The molecule has 27 heavy (non-hydrogen) atoms. The Morgan fingerprint density at radius 3 is 2.67 bits per heavy atom. The molecule has 7 heteroatoms. The van der Waals surface area contributed by atoms with E-state index < -0.39 is 6.04 Å². The number of piperazine rings is 1. The molecule has 2 fully saturated rings. The van der Waals surface area contributed by atoms with Crippen molar-refractivity contribution in [1.29, 1.82) is 0 Å². The van der Waals surface area contributed by atoms with Gasteiger partial charge in [0.1, 0.15) is 11.9 Å². The number of aromatic nitrogens is 1. The van der Waals surface area contributed by atoms with Crippen LogP contribution in [0.15, 0.2) is 48.7 Å². The predicted octanol–water partition coefficient (Wildman–Crippen LogP) is 1.45. The van der Waals surface area contributed by atoms with E-state index in [1.807, 2.05) is 47.4 Å². The van der Waals surface area contributed by atoms with Crippen molar-refractivity contribution in [2.45, 2.75) is 24.9 Å². The average molecular weight is 365 g/mol. The van der Waals surface area contributed by atoms with Gasteiger partial charge < -0.3 is 20.9 Å². The molecular weight excluding hydrogens is 342 g/mol. The van der Waals surface area contributed by atoms with E-state index in [1.54, 1.807) is 6.20 Å². The van der Waals surface area contributed by atoms with Crippen LogP contribution in [0, 0.1) is 0 Å². The lowest BCUT2D eigenvalue weighted by Crippen LogP contribution is -2.48. The van der Waals surface area contributed by atoms with E-state index in [0.29, 0.717) is 19.1 Å². The fourth-order valence-electron chi connectivity index (χ4n) is 3.12. The Kier molecular flexibility index (Phi) is 4.91. The Morgan fingerprint density at radius 2 is 2.00 bits per heavy atom. The summed E-state index contributed by atoms with van der Waals surface area (Å²) < 4.78 is 0. The first-order valence-electron chi connectivity index (χ1n) is 9.28. The van der Waals surface area contributed by atoms with E-state index in [-0.39, 0.29) is 11.8 Å². The number of hydrogen-bond donors (Lipinski definition) is 3. The van der Waals surface area contributed by atoms with Gasteiger partial charge in [-0.3, -0.25) is 9.59 Å². The summed E-state index contributed by atoms with van der Waals surface area (Å²) in [6.07, 6.45) is 3.81. The van der Waals surface area contributed by atoms with Crippen molar-refractivity contribution < 1.29 is 9.59 Å². The van der Waals surface area contributed by atoms with Crippen LogP contribution in [0.1, 0.15) is 24.4 Å². The smallest absolute Gasteiger partial charge is 0.247 e. The van der Waals surface area contributed by atoms with Crippen molar-refractivity contribution in [3.05, 3.63) is 54.2 Å². The molecule has 140 valence electrons. The van der Waals surface area contributed by atoms with Crippen LogP contribution >= 0.6 is 0 Å². The lowest BCUT2D eigenvalue weighted by Gasteiger charge is -2.27. The molecule has 2 aliphatic rings. The number of benzene rings is 1. The standard InChI is InChI=1S/C20H23N5O2/c26-18-13-25(11-10-21-18)17-9-8-16(12-22-17)23-19(14-4-2-1-3-5-14)20(27)24-15-6-7-15/h1-5,8-9,12,15,19,23H,6-7,10-11,13H2,(H,21,26)(H,24,27). The van der Waals surface area contributed by atoms with Crippen LogP contribution in [-0.4, -0.2) is 42.5 Å². The van der Waals surface area contributed by atoms with Crippen molar-refractivity contribution >= 4 is 23.3 Å². The molecule has 0 spiro atoms. The molecule has 2 aromatic rings. The van der Waals surface area contributed by atoms with Crippen LogP contribution in [0.4, 0.5) is 11.5 Å². The lowest BCUT2D eigenvalue weighted by molar-refractivity contribution is -0.122. The second kappa shape index (κ2) is 7.65. The second-order valence-corrected chi connectivity index (χ2v) is 6.95. The Balaban J connectivity index is 1.48. The molecule has 2 amide bonds. The number of nitrogens with one attached hydrogen (secondary N) is 3. The number of pyridine rings is 1. The quantitative estimate of drug-likeness (QED) is 0.721. The number of anilines is 2. The Morgan fingerprint density at radius 1 is 1.19 bits per heavy atom. The molecule has 1 aromatic heterocycles. The summed E-state index contributed by atoms with van der Waals surface area (Å²) >= 11 is 0. The first kappa shape index (κ1) is 17.3. The van der Waals surface area contributed by atoms with E-state index in [0.717, 1.165) is 36.5 Å². The van der Waals surface area contributed by atoms with Crippen LogP contribution in [-0.2, 0) is 9.59 Å². The zero-order valence-electron chi connectivity index (χ0n) is 15.0. The van der Waals surface area contributed by atoms with Gasteiger partial charge in [-0.05, 0) is 30.5 Å². The van der Waals surface area contributed by atoms with E-state index in [9.17, 15) is 9.59 Å². The van der Waals surface area contributed by atoms with Gasteiger partial charge in [-0.15, -0.1) is 0 Å². The van der Waals surface area contributed by atoms with Gasteiger partial charge in [0.25, 0.3) is 0 Å². The van der Waals surface area contributed by atoms with Gasteiger partial charge in [0.2, 0.25) is 11.8 Å². The van der Waals surface area contributed by atoms with Crippen LogP contribution in [0.2, 0.25) is 0 Å². The number of rotatable bonds is 6. The number of nitrogens with zero attached hydrogens (tertiary/aromatic N) is 2. The van der Waals surface area contributed by atoms with Gasteiger partial charge in [-0.25, -0.2) is 4.98 Å². The number of hydrogen-bond acceptors (Lipinski definition) is 5. The largest absolute Gasteiger partial charge is 0.369 e. The minimum Gasteiger partial charge on any atom is -0.369 e. The molecule has 1 aliphatic carbocycles. The lowest BCUT2D eigenvalue weighted by atomic mass is 10.1. The van der Waals surface area contributed by atoms with Crippen molar-refractivity contribution in [3.8, 4) is 0 Å². The topological polar surface area (TPSA) is 86.4 Å². The summed E-state index contributed by atoms with van der Waals surface area (Å²) in [7, 11) is 0. The van der Waals surface area contributed by atoms with Crippen molar-refractivity contribution in [2.24, 2.45) is 0 Å². The fourth-order valence-corrected chi connectivity index (χ4v) is 3.12. The van der Waals surface area contributed by atoms with Crippen LogP contribution in [0.5, 0.6) is 0 Å². The summed E-state index contributed by atoms with van der Waals surface area (Å²) in [5, 5.41) is 9.17. The molecule has 1 aromatic carbocycles. The van der Waals surface area contributed by atoms with Crippen LogP contribution in [0.3, 0.4) is 0 Å². The summed E-state index contributed by atoms with van der Waals surface area (Å²) in [5.74, 6) is 0.737. The van der Waals surface area contributed by atoms with Gasteiger partial charge in [0, 0.05) is 19.1 Å². The molecule has 1 unspecified atom stereocenters. The highest BCUT2D eigenvalue weighted by Crippen LogP contribution is 2.24. The van der Waals surface area contributed by atoms with E-state index >= 15 is 0 Å². The van der Waals surface area contributed by atoms with E-state index in [4.69, 9.17) is 0 Å². The van der Waals surface area contributed by atoms with Gasteiger partial charge in [0.05, 0.1) is 18.4 Å². The zero-order chi connectivity index (χ0) is 18.6. The van der Waals surface area contributed by atoms with Gasteiger partial charge in [0.15, 0.2) is 0 Å². The highest BCUT2D eigenvalue weighted by Gasteiger charge is 2.28. The van der Waals surface area contributed by atoms with Gasteiger partial charge >= 0.3 is 0 Å². The van der Waals surface area contributed by atoms with Crippen LogP contribution in [0.25, 0.3) is 0 Å². The molecule has 2 heterocycles.